The number of amides is 1. The summed E-state index contributed by atoms with van der Waals surface area (Å²) >= 11 is 0. The van der Waals surface area contributed by atoms with Gasteiger partial charge < -0.3 is 29.1 Å². The van der Waals surface area contributed by atoms with Gasteiger partial charge in [-0.15, -0.1) is 0 Å². The smallest absolute Gasteiger partial charge is 0.295 e. The average molecular weight is 549 g/mol. The van der Waals surface area contributed by atoms with Gasteiger partial charge in [0.2, 0.25) is 0 Å². The van der Waals surface area contributed by atoms with Gasteiger partial charge in [-0.2, -0.15) is 0 Å². The van der Waals surface area contributed by atoms with Crippen molar-refractivity contribution in [2.45, 2.75) is 52.7 Å². The Morgan fingerprint density at radius 1 is 1.12 bits per heavy atom. The Hall–Kier alpha value is -3.78. The molecule has 1 amide bonds. The van der Waals surface area contributed by atoms with Gasteiger partial charge in [-0.1, -0.05) is 32.6 Å². The molecule has 0 spiro atoms. The number of aliphatic hydroxyl groups excluding tert-OH is 1. The SMILES string of the molecule is C=CCOc1ccc(C2/C(=C(/O)c3ccc4c(c3)CC(C)O4)C(=O)C(=O)N2CCCN(CC)CC)cc1OCC. The first-order chi connectivity index (χ1) is 19.3. The topological polar surface area (TPSA) is 88.5 Å². The van der Waals surface area contributed by atoms with Gasteiger partial charge in [0.05, 0.1) is 18.2 Å². The molecule has 214 valence electrons. The number of Topliss-reactive ketones (excluding diaryl/α,β-unsaturated/α-hetero) is 1. The van der Waals surface area contributed by atoms with Gasteiger partial charge in [0.15, 0.2) is 11.5 Å². The van der Waals surface area contributed by atoms with E-state index in [1.54, 1.807) is 29.2 Å². The molecule has 1 N–H and O–H groups in total. The van der Waals surface area contributed by atoms with Crippen LogP contribution in [0, 0.1) is 0 Å². The number of aliphatic hydroxyl groups is 1. The van der Waals surface area contributed by atoms with Crippen molar-refractivity contribution >= 4 is 17.4 Å². The Balaban J connectivity index is 1.78. The van der Waals surface area contributed by atoms with Gasteiger partial charge in [0.1, 0.15) is 24.2 Å². The molecular weight excluding hydrogens is 508 g/mol. The zero-order chi connectivity index (χ0) is 28.8. The minimum atomic E-state index is -0.771. The number of likely N-dealkylation sites (tertiary alicyclic amines) is 1. The Morgan fingerprint density at radius 3 is 2.60 bits per heavy atom. The van der Waals surface area contributed by atoms with Crippen molar-refractivity contribution < 1.29 is 28.9 Å². The molecule has 8 nitrogen and oxygen atoms in total. The van der Waals surface area contributed by atoms with E-state index in [9.17, 15) is 14.7 Å². The summed E-state index contributed by atoms with van der Waals surface area (Å²) in [6.45, 7) is 15.5. The molecule has 2 aromatic rings. The fourth-order valence-electron chi connectivity index (χ4n) is 5.42. The first-order valence-corrected chi connectivity index (χ1v) is 14.1. The number of benzene rings is 2. The van der Waals surface area contributed by atoms with Crippen LogP contribution in [0.15, 0.2) is 54.6 Å². The number of ketones is 1. The van der Waals surface area contributed by atoms with Gasteiger partial charge in [-0.25, -0.2) is 0 Å². The number of ether oxygens (including phenoxy) is 3. The quantitative estimate of drug-likeness (QED) is 0.161. The van der Waals surface area contributed by atoms with Crippen molar-refractivity contribution in [1.29, 1.82) is 0 Å². The van der Waals surface area contributed by atoms with Crippen LogP contribution in [0.1, 0.15) is 56.8 Å². The summed E-state index contributed by atoms with van der Waals surface area (Å²) in [7, 11) is 0. The fourth-order valence-corrected chi connectivity index (χ4v) is 5.42. The molecule has 2 heterocycles. The van der Waals surface area contributed by atoms with E-state index in [-0.39, 0.29) is 17.4 Å². The van der Waals surface area contributed by atoms with E-state index in [1.807, 2.05) is 32.0 Å². The number of carbonyl (C=O) groups is 2. The number of carbonyl (C=O) groups excluding carboxylic acids is 2. The molecule has 8 heteroatoms. The van der Waals surface area contributed by atoms with Crippen molar-refractivity contribution in [1.82, 2.24) is 9.80 Å². The Labute approximate surface area is 236 Å². The lowest BCUT2D eigenvalue weighted by atomic mass is 9.94. The van der Waals surface area contributed by atoms with Crippen LogP contribution < -0.4 is 14.2 Å². The largest absolute Gasteiger partial charge is 0.507 e. The molecule has 1 saturated heterocycles. The predicted octanol–water partition coefficient (Wildman–Crippen LogP) is 5.13. The number of rotatable bonds is 13. The highest BCUT2D eigenvalue weighted by atomic mass is 16.5. The standard InChI is InChI=1S/C32H40N2O6/c1-6-17-39-26-14-11-22(20-27(26)38-9-4)29-28(30(35)23-12-13-25-24(19-23)18-21(5)40-25)31(36)32(37)34(29)16-10-15-33(7-2)8-3/h6,11-14,19-21,29,35H,1,7-10,15-18H2,2-5H3/b30-28-. The number of hydrogen-bond acceptors (Lipinski definition) is 7. The van der Waals surface area contributed by atoms with Gasteiger partial charge >= 0.3 is 0 Å². The summed E-state index contributed by atoms with van der Waals surface area (Å²) in [5.74, 6) is 0.307. The zero-order valence-corrected chi connectivity index (χ0v) is 23.9. The Kier molecular flexibility index (Phi) is 9.53. The first kappa shape index (κ1) is 29.2. The van der Waals surface area contributed by atoms with Crippen LogP contribution in [0.5, 0.6) is 17.2 Å². The van der Waals surface area contributed by atoms with E-state index in [1.165, 1.54) is 0 Å². The third-order valence-electron chi connectivity index (χ3n) is 7.42. The van der Waals surface area contributed by atoms with Crippen molar-refractivity contribution in [2.24, 2.45) is 0 Å². The van der Waals surface area contributed by atoms with Crippen LogP contribution in [-0.2, 0) is 16.0 Å². The van der Waals surface area contributed by atoms with Crippen molar-refractivity contribution in [3.8, 4) is 17.2 Å². The van der Waals surface area contributed by atoms with Crippen LogP contribution in [0.2, 0.25) is 0 Å². The zero-order valence-electron chi connectivity index (χ0n) is 23.9. The molecule has 0 radical (unpaired) electrons. The summed E-state index contributed by atoms with van der Waals surface area (Å²) in [5, 5.41) is 11.6. The molecule has 0 aromatic heterocycles. The van der Waals surface area contributed by atoms with E-state index in [4.69, 9.17) is 14.2 Å². The molecule has 2 aliphatic rings. The van der Waals surface area contributed by atoms with Gasteiger partial charge in [-0.05, 0) is 81.4 Å². The molecule has 0 bridgehead atoms. The highest BCUT2D eigenvalue weighted by Gasteiger charge is 2.46. The number of fused-ring (bicyclic) bond motifs is 1. The Morgan fingerprint density at radius 2 is 1.90 bits per heavy atom. The van der Waals surface area contributed by atoms with Gasteiger partial charge in [-0.3, -0.25) is 9.59 Å². The predicted molar refractivity (Wildman–Crippen MR) is 155 cm³/mol. The highest BCUT2D eigenvalue weighted by molar-refractivity contribution is 6.46. The van der Waals surface area contributed by atoms with E-state index < -0.39 is 17.7 Å². The summed E-state index contributed by atoms with van der Waals surface area (Å²) in [6.07, 6.45) is 3.10. The van der Waals surface area contributed by atoms with E-state index in [0.29, 0.717) is 55.2 Å². The normalized spacial score (nSPS) is 19.6. The minimum absolute atomic E-state index is 0.0441. The lowest BCUT2D eigenvalue weighted by Crippen LogP contribution is -2.33. The Bertz CT molecular complexity index is 1280. The third kappa shape index (κ3) is 6.02. The summed E-state index contributed by atoms with van der Waals surface area (Å²) in [6, 6.07) is 10.00. The van der Waals surface area contributed by atoms with E-state index >= 15 is 0 Å². The first-order valence-electron chi connectivity index (χ1n) is 14.1. The van der Waals surface area contributed by atoms with Crippen molar-refractivity contribution in [2.75, 3.05) is 39.4 Å². The molecule has 2 aliphatic heterocycles. The average Bonchev–Trinajstić information content (AvgIpc) is 3.45. The van der Waals surface area contributed by atoms with Crippen LogP contribution in [0.4, 0.5) is 0 Å². The minimum Gasteiger partial charge on any atom is -0.507 e. The van der Waals surface area contributed by atoms with Gasteiger partial charge in [0.25, 0.3) is 11.7 Å². The molecule has 2 aromatic carbocycles. The van der Waals surface area contributed by atoms with Crippen LogP contribution >= 0.6 is 0 Å². The monoisotopic (exact) mass is 548 g/mol. The maximum Gasteiger partial charge on any atom is 0.295 e. The number of nitrogens with zero attached hydrogens (tertiary/aromatic N) is 2. The molecule has 1 fully saturated rings. The molecule has 40 heavy (non-hydrogen) atoms. The summed E-state index contributed by atoms with van der Waals surface area (Å²) in [4.78, 5) is 30.8. The lowest BCUT2D eigenvalue weighted by molar-refractivity contribution is -0.140. The highest BCUT2D eigenvalue weighted by Crippen LogP contribution is 2.43. The van der Waals surface area contributed by atoms with Crippen molar-refractivity contribution in [3.05, 3.63) is 71.3 Å². The summed E-state index contributed by atoms with van der Waals surface area (Å²) in [5.41, 5.74) is 2.18. The summed E-state index contributed by atoms with van der Waals surface area (Å²) < 4.78 is 17.4. The lowest BCUT2D eigenvalue weighted by Gasteiger charge is -2.27. The van der Waals surface area contributed by atoms with Crippen LogP contribution in [0.25, 0.3) is 5.76 Å². The molecule has 2 atom stereocenters. The van der Waals surface area contributed by atoms with Crippen LogP contribution in [0.3, 0.4) is 0 Å². The fraction of sp³-hybridized carbons (Fsp3) is 0.438. The van der Waals surface area contributed by atoms with E-state index in [2.05, 4.69) is 25.3 Å². The second-order valence-electron chi connectivity index (χ2n) is 10.1. The molecule has 4 rings (SSSR count). The van der Waals surface area contributed by atoms with Gasteiger partial charge in [0, 0.05) is 18.5 Å². The maximum atomic E-state index is 13.5. The maximum absolute atomic E-state index is 13.5. The second-order valence-corrected chi connectivity index (χ2v) is 10.1. The third-order valence-corrected chi connectivity index (χ3v) is 7.42. The molecule has 0 saturated carbocycles. The van der Waals surface area contributed by atoms with Crippen LogP contribution in [-0.4, -0.2) is 72.1 Å². The second kappa shape index (κ2) is 13.0. The van der Waals surface area contributed by atoms with E-state index in [0.717, 1.165) is 30.9 Å². The number of hydrogen-bond donors (Lipinski definition) is 1. The molecular formula is C32H40N2O6. The molecule has 2 unspecified atom stereocenters. The molecule has 0 aliphatic carbocycles. The van der Waals surface area contributed by atoms with Crippen molar-refractivity contribution in [3.63, 3.8) is 0 Å².